The molecule has 4 N–H and O–H groups in total. The number of nitrogens with two attached hydrogens (primary N) is 2. The van der Waals surface area contributed by atoms with Crippen molar-refractivity contribution in [1.29, 1.82) is 0 Å². The predicted octanol–water partition coefficient (Wildman–Crippen LogP) is 2.13. The van der Waals surface area contributed by atoms with Crippen LogP contribution in [0, 0.1) is 0 Å². The number of rotatable bonds is 2. The van der Waals surface area contributed by atoms with Crippen molar-refractivity contribution in [3.05, 3.63) is 35.4 Å². The van der Waals surface area contributed by atoms with Gasteiger partial charge in [-0.1, -0.05) is 12.1 Å². The van der Waals surface area contributed by atoms with E-state index in [1.165, 1.54) is 12.1 Å². The summed E-state index contributed by atoms with van der Waals surface area (Å²) >= 11 is 0. The first-order chi connectivity index (χ1) is 9.99. The molecule has 0 aliphatic carbocycles. The fraction of sp³-hybridized carbons (Fsp3) is 0.429. The van der Waals surface area contributed by atoms with Crippen LogP contribution in [0.5, 0.6) is 0 Å². The van der Waals surface area contributed by atoms with Crippen molar-refractivity contribution in [1.82, 2.24) is 0 Å². The van der Waals surface area contributed by atoms with Crippen LogP contribution in [0.25, 0.3) is 0 Å². The van der Waals surface area contributed by atoms with E-state index in [4.69, 9.17) is 16.2 Å². The lowest BCUT2D eigenvalue weighted by molar-refractivity contribution is -0.249. The van der Waals surface area contributed by atoms with Gasteiger partial charge in [-0.2, -0.15) is 13.2 Å². The number of benzene rings is 1. The Morgan fingerprint density at radius 2 is 1.96 bits per heavy atom. The quantitative estimate of drug-likeness (QED) is 0.855. The molecule has 23 heavy (non-hydrogen) atoms. The van der Waals surface area contributed by atoms with E-state index in [0.717, 1.165) is 6.92 Å². The summed E-state index contributed by atoms with van der Waals surface area (Å²) < 4.78 is 44.2. The maximum absolute atomic E-state index is 13.1. The summed E-state index contributed by atoms with van der Waals surface area (Å²) in [5, 5.41) is 0. The van der Waals surface area contributed by atoms with Gasteiger partial charge in [0, 0.05) is 5.56 Å². The van der Waals surface area contributed by atoms with Crippen molar-refractivity contribution in [2.24, 2.45) is 16.5 Å². The van der Waals surface area contributed by atoms with E-state index in [2.05, 4.69) is 4.99 Å². The highest BCUT2D eigenvalue weighted by Gasteiger charge is 2.58. The Bertz CT molecular complexity index is 650. The Kier molecular flexibility index (Phi) is 5.03. The van der Waals surface area contributed by atoms with Gasteiger partial charge >= 0.3 is 6.18 Å². The molecule has 2 rings (SSSR count). The third-order valence-electron chi connectivity index (χ3n) is 3.81. The first-order valence-corrected chi connectivity index (χ1v) is 6.46. The SMILES string of the molecule is C[C@@]1(c2cccc(C(N)=O)c2)CO[C@@](C)(C(F)(F)F)C(N)=N1.Cl. The summed E-state index contributed by atoms with van der Waals surface area (Å²) in [6.07, 6.45) is -4.67. The molecule has 0 saturated heterocycles. The van der Waals surface area contributed by atoms with E-state index in [1.807, 2.05) is 0 Å². The molecule has 0 fully saturated rings. The molecule has 0 unspecified atom stereocenters. The minimum atomic E-state index is -4.67. The molecule has 1 amide bonds. The summed E-state index contributed by atoms with van der Waals surface area (Å²) in [4.78, 5) is 15.2. The largest absolute Gasteiger partial charge is 0.424 e. The summed E-state index contributed by atoms with van der Waals surface area (Å²) in [6, 6.07) is 6.18. The minimum Gasteiger partial charge on any atom is -0.385 e. The number of halogens is 4. The number of carbonyl (C=O) groups excluding carboxylic acids is 1. The molecule has 1 aliphatic rings. The Balaban J connectivity index is 0.00000264. The van der Waals surface area contributed by atoms with Crippen LogP contribution in [-0.4, -0.2) is 30.1 Å². The normalized spacial score (nSPS) is 27.8. The molecule has 0 saturated carbocycles. The number of amides is 1. The molecule has 2 atom stereocenters. The lowest BCUT2D eigenvalue weighted by Gasteiger charge is -2.41. The monoisotopic (exact) mass is 351 g/mol. The first-order valence-electron chi connectivity index (χ1n) is 6.46. The van der Waals surface area contributed by atoms with Gasteiger partial charge in [0.05, 0.1) is 6.61 Å². The van der Waals surface area contributed by atoms with Crippen LogP contribution in [0.2, 0.25) is 0 Å². The topological polar surface area (TPSA) is 90.7 Å². The Hall–Kier alpha value is -1.80. The Morgan fingerprint density at radius 3 is 2.43 bits per heavy atom. The third kappa shape index (κ3) is 3.28. The summed E-state index contributed by atoms with van der Waals surface area (Å²) in [5.41, 5.74) is 7.71. The number of hydrogen-bond acceptors (Lipinski definition) is 4. The van der Waals surface area contributed by atoms with E-state index < -0.39 is 29.1 Å². The predicted molar refractivity (Wildman–Crippen MR) is 81.6 cm³/mol. The second-order valence-electron chi connectivity index (χ2n) is 5.54. The van der Waals surface area contributed by atoms with Gasteiger partial charge in [0.25, 0.3) is 0 Å². The number of ether oxygens (including phenoxy) is 1. The van der Waals surface area contributed by atoms with Crippen molar-refractivity contribution in [3.8, 4) is 0 Å². The molecule has 0 aromatic heterocycles. The van der Waals surface area contributed by atoms with E-state index in [-0.39, 0.29) is 24.6 Å². The van der Waals surface area contributed by atoms with Crippen LogP contribution in [-0.2, 0) is 10.3 Å². The molecular formula is C14H17ClF3N3O2. The lowest BCUT2D eigenvalue weighted by Crippen LogP contribution is -2.60. The fourth-order valence-corrected chi connectivity index (χ4v) is 2.15. The van der Waals surface area contributed by atoms with Gasteiger partial charge in [-0.3, -0.25) is 9.79 Å². The van der Waals surface area contributed by atoms with Crippen LogP contribution < -0.4 is 11.5 Å². The average molecular weight is 352 g/mol. The molecule has 0 bridgehead atoms. The van der Waals surface area contributed by atoms with Crippen molar-refractivity contribution < 1.29 is 22.7 Å². The Morgan fingerprint density at radius 1 is 1.35 bits per heavy atom. The molecule has 1 heterocycles. The molecule has 1 aliphatic heterocycles. The lowest BCUT2D eigenvalue weighted by atomic mass is 9.89. The van der Waals surface area contributed by atoms with E-state index in [0.29, 0.717) is 5.56 Å². The van der Waals surface area contributed by atoms with E-state index in [9.17, 15) is 18.0 Å². The average Bonchev–Trinajstić information content (AvgIpc) is 2.42. The summed E-state index contributed by atoms with van der Waals surface area (Å²) in [5.74, 6) is -1.29. The van der Waals surface area contributed by atoms with E-state index >= 15 is 0 Å². The molecule has 128 valence electrons. The van der Waals surface area contributed by atoms with Crippen LogP contribution in [0.4, 0.5) is 13.2 Å². The molecule has 0 radical (unpaired) electrons. The molecule has 5 nitrogen and oxygen atoms in total. The highest BCUT2D eigenvalue weighted by molar-refractivity contribution is 5.93. The molecule has 9 heteroatoms. The van der Waals surface area contributed by atoms with Crippen molar-refractivity contribution in [2.75, 3.05) is 6.61 Å². The summed E-state index contributed by atoms with van der Waals surface area (Å²) in [6.45, 7) is 2.09. The number of nitrogens with zero attached hydrogens (tertiary/aromatic N) is 1. The van der Waals surface area contributed by atoms with Crippen LogP contribution in [0.3, 0.4) is 0 Å². The van der Waals surface area contributed by atoms with Crippen molar-refractivity contribution in [3.63, 3.8) is 0 Å². The van der Waals surface area contributed by atoms with Gasteiger partial charge in [-0.05, 0) is 31.5 Å². The molecule has 1 aromatic carbocycles. The first kappa shape index (κ1) is 19.2. The highest BCUT2D eigenvalue weighted by atomic mass is 35.5. The highest BCUT2D eigenvalue weighted by Crippen LogP contribution is 2.40. The van der Waals surface area contributed by atoms with Crippen molar-refractivity contribution >= 4 is 24.1 Å². The van der Waals surface area contributed by atoms with Gasteiger partial charge in [0.1, 0.15) is 11.4 Å². The van der Waals surface area contributed by atoms with E-state index in [1.54, 1.807) is 19.1 Å². The van der Waals surface area contributed by atoms with Gasteiger partial charge < -0.3 is 16.2 Å². The zero-order chi connectivity index (χ0) is 16.8. The number of hydrogen-bond donors (Lipinski definition) is 2. The van der Waals surface area contributed by atoms with Crippen molar-refractivity contribution in [2.45, 2.75) is 31.2 Å². The number of carbonyl (C=O) groups is 1. The molecule has 0 spiro atoms. The van der Waals surface area contributed by atoms with Gasteiger partial charge in [-0.15, -0.1) is 12.4 Å². The van der Waals surface area contributed by atoms with Crippen LogP contribution in [0.15, 0.2) is 29.3 Å². The molecule has 1 aromatic rings. The van der Waals surface area contributed by atoms with Gasteiger partial charge in [0.15, 0.2) is 0 Å². The maximum atomic E-state index is 13.1. The number of amidine groups is 1. The number of aliphatic imine (C=N–C) groups is 1. The summed E-state index contributed by atoms with van der Waals surface area (Å²) in [7, 11) is 0. The third-order valence-corrected chi connectivity index (χ3v) is 3.81. The van der Waals surface area contributed by atoms with Gasteiger partial charge in [0.2, 0.25) is 11.5 Å². The zero-order valence-electron chi connectivity index (χ0n) is 12.5. The zero-order valence-corrected chi connectivity index (χ0v) is 13.3. The van der Waals surface area contributed by atoms with Crippen LogP contribution >= 0.6 is 12.4 Å². The fourth-order valence-electron chi connectivity index (χ4n) is 2.15. The minimum absolute atomic E-state index is 0. The smallest absolute Gasteiger partial charge is 0.385 e. The second-order valence-corrected chi connectivity index (χ2v) is 5.54. The standard InChI is InChI=1S/C14H16F3N3O2.ClH/c1-12(9-5-3-4-8(6-9)10(18)21)7-22-13(2,11(19)20-12)14(15,16)17;/h3-6H,7H2,1-2H3,(H2,18,21)(H2,19,20);1H/t12-,13+;/m0./s1. The second kappa shape index (κ2) is 6.01. The Labute approximate surface area is 137 Å². The molecular weight excluding hydrogens is 335 g/mol. The number of alkyl halides is 3. The van der Waals surface area contributed by atoms with Crippen LogP contribution in [0.1, 0.15) is 29.8 Å². The van der Waals surface area contributed by atoms with Gasteiger partial charge in [-0.25, -0.2) is 0 Å². The number of primary amides is 1. The maximum Gasteiger partial charge on any atom is 0.424 e.